The van der Waals surface area contributed by atoms with E-state index >= 15 is 0 Å². The lowest BCUT2D eigenvalue weighted by Gasteiger charge is -2.35. The van der Waals surface area contributed by atoms with Gasteiger partial charge in [-0.15, -0.1) is 0 Å². The quantitative estimate of drug-likeness (QED) is 0.711. The van der Waals surface area contributed by atoms with Crippen molar-refractivity contribution in [2.45, 2.75) is 31.5 Å². The second-order valence-corrected chi connectivity index (χ2v) is 5.15. The van der Waals surface area contributed by atoms with E-state index in [0.29, 0.717) is 0 Å². The maximum absolute atomic E-state index is 13.9. The van der Waals surface area contributed by atoms with Gasteiger partial charge in [-0.25, -0.2) is 14.2 Å². The number of carbonyl (C=O) groups is 1. The lowest BCUT2D eigenvalue weighted by Crippen LogP contribution is -2.52. The van der Waals surface area contributed by atoms with E-state index in [1.54, 1.807) is 6.07 Å². The number of hydrazine groups is 1. The minimum Gasteiger partial charge on any atom is -0.339 e. The highest BCUT2D eigenvalue weighted by atomic mass is 19.2. The van der Waals surface area contributed by atoms with E-state index in [4.69, 9.17) is 0 Å². The van der Waals surface area contributed by atoms with Crippen LogP contribution in [0.4, 0.5) is 8.78 Å². The lowest BCUT2D eigenvalue weighted by molar-refractivity contribution is -0.125. The third-order valence-electron chi connectivity index (χ3n) is 4.00. The van der Waals surface area contributed by atoms with Crippen molar-refractivity contribution in [3.05, 3.63) is 35.4 Å². The number of hydrogen-bond donors (Lipinski definition) is 3. The van der Waals surface area contributed by atoms with Crippen LogP contribution < -0.4 is 16.2 Å². The Kier molecular flexibility index (Phi) is 2.99. The van der Waals surface area contributed by atoms with Crippen molar-refractivity contribution < 1.29 is 13.6 Å². The number of nitrogens with one attached hydrogen (secondary N) is 3. The van der Waals surface area contributed by atoms with Gasteiger partial charge in [-0.1, -0.05) is 12.1 Å². The summed E-state index contributed by atoms with van der Waals surface area (Å²) in [5.41, 5.74) is 6.29. The summed E-state index contributed by atoms with van der Waals surface area (Å²) in [5.74, 6) is -2.20. The number of piperidine rings is 1. The maximum Gasteiger partial charge on any atom is 0.221 e. The molecule has 4 unspecified atom stereocenters. The number of amides is 1. The monoisotopic (exact) mass is 267 g/mol. The molecule has 3 rings (SSSR count). The van der Waals surface area contributed by atoms with Crippen LogP contribution in [0.2, 0.25) is 0 Å². The molecule has 1 amide bonds. The first-order chi connectivity index (χ1) is 9.08. The molecule has 102 valence electrons. The molecular weight excluding hydrogens is 252 g/mol. The molecule has 4 nitrogen and oxygen atoms in total. The Morgan fingerprint density at radius 3 is 2.84 bits per heavy atom. The molecule has 0 radical (unpaired) electrons. The van der Waals surface area contributed by atoms with E-state index in [9.17, 15) is 13.6 Å². The van der Waals surface area contributed by atoms with E-state index in [2.05, 4.69) is 16.2 Å². The van der Waals surface area contributed by atoms with Crippen molar-refractivity contribution in [1.82, 2.24) is 16.2 Å². The SMILES string of the molecule is CC1NNC2NC(=O)CC(c3cccc(F)c3F)C12. The predicted molar refractivity (Wildman–Crippen MR) is 64.9 cm³/mol. The lowest BCUT2D eigenvalue weighted by atomic mass is 9.76. The van der Waals surface area contributed by atoms with Crippen LogP contribution in [-0.2, 0) is 4.79 Å². The van der Waals surface area contributed by atoms with Crippen LogP contribution in [0.15, 0.2) is 18.2 Å². The summed E-state index contributed by atoms with van der Waals surface area (Å²) in [4.78, 5) is 11.7. The van der Waals surface area contributed by atoms with Crippen molar-refractivity contribution >= 4 is 5.91 Å². The third kappa shape index (κ3) is 2.01. The summed E-state index contributed by atoms with van der Waals surface area (Å²) in [5, 5.41) is 2.81. The predicted octanol–water partition coefficient (Wildman–Crippen LogP) is 1.01. The van der Waals surface area contributed by atoms with E-state index in [1.165, 1.54) is 6.07 Å². The van der Waals surface area contributed by atoms with Crippen molar-refractivity contribution in [3.63, 3.8) is 0 Å². The zero-order valence-corrected chi connectivity index (χ0v) is 10.4. The fourth-order valence-corrected chi connectivity index (χ4v) is 3.11. The molecule has 2 fully saturated rings. The van der Waals surface area contributed by atoms with Crippen LogP contribution in [0, 0.1) is 17.6 Å². The molecule has 4 atom stereocenters. The molecule has 2 saturated heterocycles. The van der Waals surface area contributed by atoms with E-state index < -0.39 is 11.6 Å². The summed E-state index contributed by atoms with van der Waals surface area (Å²) < 4.78 is 27.3. The molecule has 2 aliphatic heterocycles. The van der Waals surface area contributed by atoms with E-state index in [0.717, 1.165) is 6.07 Å². The van der Waals surface area contributed by atoms with Gasteiger partial charge >= 0.3 is 0 Å². The van der Waals surface area contributed by atoms with Crippen molar-refractivity contribution in [3.8, 4) is 0 Å². The van der Waals surface area contributed by atoms with E-state index in [-0.39, 0.29) is 41.9 Å². The van der Waals surface area contributed by atoms with Gasteiger partial charge in [0, 0.05) is 24.3 Å². The normalized spacial score (nSPS) is 33.9. The summed E-state index contributed by atoms with van der Waals surface area (Å²) in [6, 6.07) is 4.20. The molecule has 0 aliphatic carbocycles. The summed E-state index contributed by atoms with van der Waals surface area (Å²) >= 11 is 0. The van der Waals surface area contributed by atoms with Gasteiger partial charge in [0.15, 0.2) is 11.6 Å². The molecule has 2 aliphatic rings. The van der Waals surface area contributed by atoms with Gasteiger partial charge in [0.1, 0.15) is 0 Å². The number of hydrogen-bond acceptors (Lipinski definition) is 3. The second-order valence-electron chi connectivity index (χ2n) is 5.15. The van der Waals surface area contributed by atoms with Crippen LogP contribution in [0.5, 0.6) is 0 Å². The Labute approximate surface area is 109 Å². The Bertz CT molecular complexity index is 523. The Morgan fingerprint density at radius 1 is 1.26 bits per heavy atom. The molecule has 1 aromatic rings. The van der Waals surface area contributed by atoms with Gasteiger partial charge in [-0.05, 0) is 18.6 Å². The molecule has 0 aromatic heterocycles. The van der Waals surface area contributed by atoms with Gasteiger partial charge in [0.2, 0.25) is 5.91 Å². The number of rotatable bonds is 1. The van der Waals surface area contributed by atoms with Crippen LogP contribution in [0.25, 0.3) is 0 Å². The average Bonchev–Trinajstić information content (AvgIpc) is 2.73. The van der Waals surface area contributed by atoms with Crippen LogP contribution in [-0.4, -0.2) is 18.1 Å². The van der Waals surface area contributed by atoms with Gasteiger partial charge in [0.05, 0.1) is 6.17 Å². The zero-order valence-electron chi connectivity index (χ0n) is 10.4. The Balaban J connectivity index is 2.01. The smallest absolute Gasteiger partial charge is 0.221 e. The minimum absolute atomic E-state index is 0.00556. The van der Waals surface area contributed by atoms with Crippen LogP contribution >= 0.6 is 0 Å². The highest BCUT2D eigenvalue weighted by molar-refractivity contribution is 5.78. The molecule has 3 N–H and O–H groups in total. The molecule has 0 bridgehead atoms. The first-order valence-electron chi connectivity index (χ1n) is 6.32. The van der Waals surface area contributed by atoms with Gasteiger partial charge in [-0.3, -0.25) is 10.2 Å². The average molecular weight is 267 g/mol. The van der Waals surface area contributed by atoms with Crippen molar-refractivity contribution in [2.24, 2.45) is 5.92 Å². The number of fused-ring (bicyclic) bond motifs is 1. The van der Waals surface area contributed by atoms with Crippen molar-refractivity contribution in [1.29, 1.82) is 0 Å². The molecule has 1 aromatic carbocycles. The first kappa shape index (κ1) is 12.5. The van der Waals surface area contributed by atoms with Gasteiger partial charge in [0.25, 0.3) is 0 Å². The third-order valence-corrected chi connectivity index (χ3v) is 4.00. The fraction of sp³-hybridized carbons (Fsp3) is 0.462. The van der Waals surface area contributed by atoms with Crippen LogP contribution in [0.3, 0.4) is 0 Å². The summed E-state index contributed by atoms with van der Waals surface area (Å²) in [6.45, 7) is 1.96. The zero-order chi connectivity index (χ0) is 13.6. The molecule has 0 spiro atoms. The van der Waals surface area contributed by atoms with E-state index in [1.807, 2.05) is 6.92 Å². The standard InChI is InChI=1S/C13H15F2N3O/c1-6-11-8(5-10(19)16-13(11)18-17-6)7-3-2-4-9(14)12(7)15/h2-4,6,8,11,13,17-18H,5H2,1H3,(H,16,19). The molecular formula is C13H15F2N3O. The largest absolute Gasteiger partial charge is 0.339 e. The molecule has 6 heteroatoms. The molecule has 0 saturated carbocycles. The minimum atomic E-state index is -0.869. The number of carbonyl (C=O) groups excluding carboxylic acids is 1. The molecule has 2 heterocycles. The van der Waals surface area contributed by atoms with Crippen molar-refractivity contribution in [2.75, 3.05) is 0 Å². The maximum atomic E-state index is 13.9. The highest BCUT2D eigenvalue weighted by Gasteiger charge is 2.45. The Morgan fingerprint density at radius 2 is 2.05 bits per heavy atom. The summed E-state index contributed by atoms with van der Waals surface area (Å²) in [6.07, 6.45) is -0.0705. The highest BCUT2D eigenvalue weighted by Crippen LogP contribution is 2.38. The first-order valence-corrected chi connectivity index (χ1v) is 6.32. The summed E-state index contributed by atoms with van der Waals surface area (Å²) in [7, 11) is 0. The van der Waals surface area contributed by atoms with Crippen LogP contribution in [0.1, 0.15) is 24.8 Å². The number of halogens is 2. The topological polar surface area (TPSA) is 53.2 Å². The second kappa shape index (κ2) is 4.54. The fourth-order valence-electron chi connectivity index (χ4n) is 3.11. The molecule has 19 heavy (non-hydrogen) atoms. The van der Waals surface area contributed by atoms with Gasteiger partial charge in [-0.2, -0.15) is 0 Å². The van der Waals surface area contributed by atoms with Gasteiger partial charge < -0.3 is 5.32 Å². The Hall–Kier alpha value is -1.53. The number of benzene rings is 1.